The molecule has 0 aliphatic heterocycles. The molecule has 21 heavy (non-hydrogen) atoms. The maximum absolute atomic E-state index is 11.1. The predicted molar refractivity (Wildman–Crippen MR) is 76.0 cm³/mol. The van der Waals surface area contributed by atoms with Crippen LogP contribution in [-0.4, -0.2) is 55.2 Å². The minimum atomic E-state index is -1.24. The lowest BCUT2D eigenvalue weighted by molar-refractivity contribution is 0.0113. The molecule has 0 aliphatic carbocycles. The van der Waals surface area contributed by atoms with E-state index in [0.29, 0.717) is 13.0 Å². The summed E-state index contributed by atoms with van der Waals surface area (Å²) in [6, 6.07) is 2.57. The van der Waals surface area contributed by atoms with Gasteiger partial charge in [-0.3, -0.25) is 0 Å². The fraction of sp³-hybridized carbons (Fsp3) is 0.500. The normalized spacial score (nSPS) is 13.6. The van der Waals surface area contributed by atoms with Crippen molar-refractivity contribution in [3.63, 3.8) is 0 Å². The third-order valence-corrected chi connectivity index (χ3v) is 3.14. The first-order valence-corrected chi connectivity index (χ1v) is 6.46. The van der Waals surface area contributed by atoms with Crippen molar-refractivity contribution >= 4 is 5.97 Å². The molecule has 0 heterocycles. The fourth-order valence-corrected chi connectivity index (χ4v) is 2.00. The number of aliphatic hydroxyl groups is 2. The second kappa shape index (κ2) is 7.82. The van der Waals surface area contributed by atoms with Crippen molar-refractivity contribution in [1.29, 1.82) is 0 Å². The van der Waals surface area contributed by atoms with E-state index in [1.807, 2.05) is 0 Å². The molecule has 0 bridgehead atoms. The van der Waals surface area contributed by atoms with Gasteiger partial charge in [0.1, 0.15) is 17.6 Å². The molecule has 0 saturated heterocycles. The summed E-state index contributed by atoms with van der Waals surface area (Å²) < 4.78 is 10.2. The van der Waals surface area contributed by atoms with E-state index in [1.54, 1.807) is 7.05 Å². The molecule has 7 nitrogen and oxygen atoms in total. The van der Waals surface area contributed by atoms with E-state index in [2.05, 4.69) is 5.32 Å². The molecular formula is C14H21NO6. The average Bonchev–Trinajstić information content (AvgIpc) is 2.50. The van der Waals surface area contributed by atoms with Crippen LogP contribution in [0.15, 0.2) is 12.1 Å². The lowest BCUT2D eigenvalue weighted by atomic mass is 9.98. The Morgan fingerprint density at radius 3 is 2.14 bits per heavy atom. The summed E-state index contributed by atoms with van der Waals surface area (Å²) in [5.41, 5.74) is 0.206. The number of aromatic carboxylic acids is 1. The van der Waals surface area contributed by atoms with Gasteiger partial charge in [0.15, 0.2) is 0 Å². The number of aliphatic hydroxyl groups excluding tert-OH is 2. The molecule has 0 amide bonds. The molecule has 0 radical (unpaired) electrons. The average molecular weight is 299 g/mol. The zero-order valence-electron chi connectivity index (χ0n) is 12.3. The number of hydrogen-bond donors (Lipinski definition) is 4. The number of ether oxygens (including phenoxy) is 2. The third-order valence-electron chi connectivity index (χ3n) is 3.14. The second-order valence-electron chi connectivity index (χ2n) is 4.50. The number of rotatable bonds is 8. The zero-order valence-corrected chi connectivity index (χ0v) is 12.3. The van der Waals surface area contributed by atoms with Crippen LogP contribution in [-0.2, 0) is 0 Å². The second-order valence-corrected chi connectivity index (χ2v) is 4.50. The lowest BCUT2D eigenvalue weighted by Crippen LogP contribution is -2.24. The summed E-state index contributed by atoms with van der Waals surface area (Å²) in [6.45, 7) is 0.524. The maximum Gasteiger partial charge on any atom is 0.335 e. The molecule has 2 unspecified atom stereocenters. The van der Waals surface area contributed by atoms with Gasteiger partial charge in [0.2, 0.25) is 0 Å². The first-order chi connectivity index (χ1) is 9.96. The number of benzene rings is 1. The molecule has 1 aromatic carbocycles. The van der Waals surface area contributed by atoms with Gasteiger partial charge >= 0.3 is 5.97 Å². The molecule has 4 N–H and O–H groups in total. The highest BCUT2D eigenvalue weighted by Crippen LogP contribution is 2.37. The van der Waals surface area contributed by atoms with Crippen molar-refractivity contribution in [1.82, 2.24) is 5.32 Å². The van der Waals surface area contributed by atoms with Crippen molar-refractivity contribution in [3.05, 3.63) is 23.3 Å². The van der Waals surface area contributed by atoms with E-state index >= 15 is 0 Å². The van der Waals surface area contributed by atoms with Crippen LogP contribution in [0.25, 0.3) is 0 Å². The Balaban J connectivity index is 3.23. The molecule has 118 valence electrons. The predicted octanol–water partition coefficient (Wildman–Crippen LogP) is 0.406. The van der Waals surface area contributed by atoms with Crippen LogP contribution in [0.5, 0.6) is 11.5 Å². The Bertz CT molecular complexity index is 465. The van der Waals surface area contributed by atoms with Gasteiger partial charge < -0.3 is 30.1 Å². The highest BCUT2D eigenvalue weighted by atomic mass is 16.5. The van der Waals surface area contributed by atoms with Crippen molar-refractivity contribution in [2.24, 2.45) is 0 Å². The summed E-state index contributed by atoms with van der Waals surface area (Å²) in [5, 5.41) is 32.2. The number of carboxylic acids is 1. The van der Waals surface area contributed by atoms with Gasteiger partial charge in [-0.25, -0.2) is 4.79 Å². The largest absolute Gasteiger partial charge is 0.496 e. The summed E-state index contributed by atoms with van der Waals surface area (Å²) in [6.07, 6.45) is -1.95. The first kappa shape index (κ1) is 17.2. The van der Waals surface area contributed by atoms with E-state index in [4.69, 9.17) is 14.6 Å². The van der Waals surface area contributed by atoms with Gasteiger partial charge in [-0.2, -0.15) is 0 Å². The number of carboxylic acid groups (broad SMARTS) is 1. The van der Waals surface area contributed by atoms with Crippen molar-refractivity contribution in [2.75, 3.05) is 27.8 Å². The van der Waals surface area contributed by atoms with Crippen LogP contribution in [0.3, 0.4) is 0 Å². The van der Waals surface area contributed by atoms with Gasteiger partial charge in [-0.1, -0.05) is 0 Å². The van der Waals surface area contributed by atoms with Gasteiger partial charge in [-0.05, 0) is 32.1 Å². The molecule has 1 aromatic rings. The number of hydrogen-bond acceptors (Lipinski definition) is 6. The lowest BCUT2D eigenvalue weighted by Gasteiger charge is -2.22. The van der Waals surface area contributed by atoms with Crippen LogP contribution in [0, 0.1) is 0 Å². The highest BCUT2D eigenvalue weighted by Gasteiger charge is 2.27. The Labute approximate surface area is 123 Å². The van der Waals surface area contributed by atoms with E-state index in [9.17, 15) is 15.0 Å². The van der Waals surface area contributed by atoms with Gasteiger partial charge in [0.05, 0.1) is 31.5 Å². The highest BCUT2D eigenvalue weighted by molar-refractivity contribution is 5.89. The molecule has 1 rings (SSSR count). The summed E-state index contributed by atoms with van der Waals surface area (Å²) in [4.78, 5) is 11.1. The molecule has 0 fully saturated rings. The van der Waals surface area contributed by atoms with Crippen LogP contribution < -0.4 is 14.8 Å². The van der Waals surface area contributed by atoms with Crippen LogP contribution in [0.1, 0.15) is 28.4 Å². The van der Waals surface area contributed by atoms with Gasteiger partial charge in [0, 0.05) is 0 Å². The Hall–Kier alpha value is -1.83. The first-order valence-electron chi connectivity index (χ1n) is 6.46. The third kappa shape index (κ3) is 4.07. The standard InChI is InChI=1S/C14H21NO6/c1-15-5-4-9(16)13(17)12-10(20-2)6-8(14(18)19)7-11(12)21-3/h6-7,9,13,15-17H,4-5H2,1-3H3,(H,18,19). The Morgan fingerprint density at radius 1 is 1.24 bits per heavy atom. The van der Waals surface area contributed by atoms with Gasteiger partial charge in [0.25, 0.3) is 0 Å². The SMILES string of the molecule is CNCCC(O)C(O)c1c(OC)cc(C(=O)O)cc1OC. The minimum Gasteiger partial charge on any atom is -0.496 e. The monoisotopic (exact) mass is 299 g/mol. The van der Waals surface area contributed by atoms with Crippen LogP contribution in [0.4, 0.5) is 0 Å². The summed E-state index contributed by atoms with van der Waals surface area (Å²) in [7, 11) is 4.45. The molecule has 2 atom stereocenters. The van der Waals surface area contributed by atoms with Crippen molar-refractivity contribution < 1.29 is 29.6 Å². The number of methoxy groups -OCH3 is 2. The van der Waals surface area contributed by atoms with E-state index in [-0.39, 0.29) is 22.6 Å². The Morgan fingerprint density at radius 2 is 1.76 bits per heavy atom. The molecule has 0 spiro atoms. The van der Waals surface area contributed by atoms with Crippen molar-refractivity contribution in [2.45, 2.75) is 18.6 Å². The fourth-order valence-electron chi connectivity index (χ4n) is 2.00. The Kier molecular flexibility index (Phi) is 6.41. The molecule has 0 aliphatic rings. The van der Waals surface area contributed by atoms with Gasteiger partial charge in [-0.15, -0.1) is 0 Å². The van der Waals surface area contributed by atoms with E-state index in [1.165, 1.54) is 26.4 Å². The maximum atomic E-state index is 11.1. The van der Waals surface area contributed by atoms with E-state index in [0.717, 1.165) is 0 Å². The topological polar surface area (TPSA) is 108 Å². The number of carbonyl (C=O) groups is 1. The van der Waals surface area contributed by atoms with Crippen LogP contribution in [0.2, 0.25) is 0 Å². The van der Waals surface area contributed by atoms with E-state index < -0.39 is 18.2 Å². The van der Waals surface area contributed by atoms with Crippen LogP contribution >= 0.6 is 0 Å². The molecule has 0 saturated carbocycles. The smallest absolute Gasteiger partial charge is 0.335 e. The number of nitrogens with one attached hydrogen (secondary N) is 1. The summed E-state index contributed by atoms with van der Waals surface area (Å²) >= 11 is 0. The molecule has 0 aromatic heterocycles. The summed E-state index contributed by atoms with van der Waals surface area (Å²) in [5.74, 6) is -0.825. The molecule has 7 heteroatoms. The molecular weight excluding hydrogens is 278 g/mol. The minimum absolute atomic E-state index is 0.0237. The zero-order chi connectivity index (χ0) is 16.0. The quantitative estimate of drug-likeness (QED) is 0.550. The van der Waals surface area contributed by atoms with Crippen molar-refractivity contribution in [3.8, 4) is 11.5 Å².